The molecule has 0 aliphatic heterocycles. The van der Waals surface area contributed by atoms with Gasteiger partial charge in [0.1, 0.15) is 17.7 Å². The maximum Gasteiger partial charge on any atom is 0.408 e. The van der Waals surface area contributed by atoms with Gasteiger partial charge < -0.3 is 26.0 Å². The Hall–Kier alpha value is -4.14. The summed E-state index contributed by atoms with van der Waals surface area (Å²) in [5.41, 5.74) is 8.50. The Labute approximate surface area is 230 Å². The number of nitrogens with two attached hydrogens (primary N) is 1. The van der Waals surface area contributed by atoms with Crippen LogP contribution in [0.25, 0.3) is 0 Å². The van der Waals surface area contributed by atoms with Crippen LogP contribution in [-0.4, -0.2) is 46.9 Å². The smallest absolute Gasteiger partial charge is 0.408 e. The summed E-state index contributed by atoms with van der Waals surface area (Å²) in [6.07, 6.45) is 0.457. The number of ether oxygens (including phenoxy) is 1. The van der Waals surface area contributed by atoms with E-state index in [1.807, 2.05) is 51.1 Å². The first-order valence-corrected chi connectivity index (χ1v) is 12.9. The molecule has 0 radical (unpaired) electrons. The topological polar surface area (TPSA) is 131 Å². The Morgan fingerprint density at radius 2 is 1.62 bits per heavy atom. The third-order valence-electron chi connectivity index (χ3n) is 5.96. The molecule has 0 saturated carbocycles. The second-order valence-electron chi connectivity index (χ2n) is 10.6. The van der Waals surface area contributed by atoms with Crippen molar-refractivity contribution in [1.29, 1.82) is 0 Å². The van der Waals surface area contributed by atoms with E-state index in [2.05, 4.69) is 17.2 Å². The van der Waals surface area contributed by atoms with E-state index < -0.39 is 41.5 Å². The van der Waals surface area contributed by atoms with Crippen molar-refractivity contribution in [3.05, 3.63) is 77.4 Å². The minimum atomic E-state index is -1.17. The second-order valence-corrected chi connectivity index (χ2v) is 10.6. The van der Waals surface area contributed by atoms with Crippen molar-refractivity contribution in [2.24, 2.45) is 5.73 Å². The molecular weight excluding hydrogens is 496 g/mol. The SMILES string of the molecule is C=CCN(C(=O)C(CCC(N)=O)NC(=O)OC(C)(C)C)C(C(=O)Nc1c(C)cccc1C)c1ccc(C)cc1. The molecule has 2 aromatic rings. The number of amides is 4. The molecule has 0 bridgehead atoms. The van der Waals surface area contributed by atoms with Crippen LogP contribution in [0, 0.1) is 20.8 Å². The molecule has 0 fully saturated rings. The summed E-state index contributed by atoms with van der Waals surface area (Å²) in [5.74, 6) is -1.64. The first-order valence-electron chi connectivity index (χ1n) is 12.9. The number of rotatable bonds is 11. The maximum absolute atomic E-state index is 14.0. The van der Waals surface area contributed by atoms with Gasteiger partial charge in [-0.2, -0.15) is 0 Å². The van der Waals surface area contributed by atoms with Gasteiger partial charge >= 0.3 is 6.09 Å². The highest BCUT2D eigenvalue weighted by Gasteiger charge is 2.36. The normalized spacial score (nSPS) is 12.6. The van der Waals surface area contributed by atoms with E-state index in [4.69, 9.17) is 10.5 Å². The zero-order valence-corrected chi connectivity index (χ0v) is 23.7. The summed E-state index contributed by atoms with van der Waals surface area (Å²) in [6.45, 7) is 14.6. The van der Waals surface area contributed by atoms with Gasteiger partial charge in [-0.1, -0.05) is 54.1 Å². The number of nitrogens with zero attached hydrogens (tertiary/aromatic N) is 1. The van der Waals surface area contributed by atoms with E-state index in [1.54, 1.807) is 32.9 Å². The van der Waals surface area contributed by atoms with Crippen LogP contribution >= 0.6 is 0 Å². The molecule has 210 valence electrons. The van der Waals surface area contributed by atoms with Gasteiger partial charge in [-0.05, 0) is 64.7 Å². The number of anilines is 1. The van der Waals surface area contributed by atoms with Crippen LogP contribution in [0.1, 0.15) is 61.9 Å². The predicted octanol–water partition coefficient (Wildman–Crippen LogP) is 4.47. The molecule has 0 aromatic heterocycles. The standard InChI is InChI=1S/C30H40N4O5/c1-8-18-34(28(37)23(16-17-24(31)35)32-29(38)39-30(5,6)7)26(22-14-12-19(2)13-15-22)27(36)33-25-20(3)10-9-11-21(25)4/h8-15,23,26H,1,16-18H2,2-7H3,(H2,31,35)(H,32,38)(H,33,36). The summed E-state index contributed by atoms with van der Waals surface area (Å²) in [5, 5.41) is 5.56. The molecule has 2 rings (SSSR count). The summed E-state index contributed by atoms with van der Waals surface area (Å²) in [7, 11) is 0. The van der Waals surface area contributed by atoms with Gasteiger partial charge in [0, 0.05) is 18.7 Å². The average Bonchev–Trinajstić information content (AvgIpc) is 2.83. The Kier molecular flexibility index (Phi) is 10.8. The number of aryl methyl sites for hydroxylation is 3. The zero-order valence-electron chi connectivity index (χ0n) is 23.7. The number of nitrogens with one attached hydrogen (secondary N) is 2. The van der Waals surface area contributed by atoms with Crippen molar-refractivity contribution >= 4 is 29.5 Å². The summed E-state index contributed by atoms with van der Waals surface area (Å²) >= 11 is 0. The number of hydrogen-bond acceptors (Lipinski definition) is 5. The van der Waals surface area contributed by atoms with E-state index in [1.165, 1.54) is 11.0 Å². The molecule has 0 saturated heterocycles. The summed E-state index contributed by atoms with van der Waals surface area (Å²) in [6, 6.07) is 10.7. The largest absolute Gasteiger partial charge is 0.444 e. The van der Waals surface area contributed by atoms with E-state index in [-0.39, 0.29) is 19.4 Å². The highest BCUT2D eigenvalue weighted by atomic mass is 16.6. The van der Waals surface area contributed by atoms with Crippen LogP contribution in [0.2, 0.25) is 0 Å². The number of hydrogen-bond donors (Lipinski definition) is 3. The van der Waals surface area contributed by atoms with Crippen LogP contribution in [-0.2, 0) is 19.1 Å². The van der Waals surface area contributed by atoms with E-state index in [9.17, 15) is 19.2 Å². The van der Waals surface area contributed by atoms with Gasteiger partial charge in [-0.15, -0.1) is 6.58 Å². The third-order valence-corrected chi connectivity index (χ3v) is 5.96. The van der Waals surface area contributed by atoms with Gasteiger partial charge in [-0.3, -0.25) is 14.4 Å². The van der Waals surface area contributed by atoms with Gasteiger partial charge in [0.05, 0.1) is 0 Å². The van der Waals surface area contributed by atoms with Crippen LogP contribution in [0.3, 0.4) is 0 Å². The van der Waals surface area contributed by atoms with Gasteiger partial charge in [0.25, 0.3) is 5.91 Å². The van der Waals surface area contributed by atoms with Gasteiger partial charge in [0.2, 0.25) is 11.8 Å². The fourth-order valence-corrected chi connectivity index (χ4v) is 4.08. The van der Waals surface area contributed by atoms with Crippen molar-refractivity contribution in [1.82, 2.24) is 10.2 Å². The maximum atomic E-state index is 14.0. The fraction of sp³-hybridized carbons (Fsp3) is 0.400. The molecule has 9 nitrogen and oxygen atoms in total. The van der Waals surface area contributed by atoms with E-state index in [0.29, 0.717) is 11.3 Å². The average molecular weight is 537 g/mol. The number of benzene rings is 2. The van der Waals surface area contributed by atoms with Crippen molar-refractivity contribution < 1.29 is 23.9 Å². The van der Waals surface area contributed by atoms with Crippen molar-refractivity contribution in [3.8, 4) is 0 Å². The predicted molar refractivity (Wildman–Crippen MR) is 152 cm³/mol. The fourth-order valence-electron chi connectivity index (χ4n) is 4.08. The van der Waals surface area contributed by atoms with Crippen LogP contribution in [0.5, 0.6) is 0 Å². The zero-order chi connectivity index (χ0) is 29.3. The number of carbonyl (C=O) groups is 4. The Morgan fingerprint density at radius 1 is 1.03 bits per heavy atom. The lowest BCUT2D eigenvalue weighted by Crippen LogP contribution is -2.52. The van der Waals surface area contributed by atoms with Crippen LogP contribution in [0.4, 0.5) is 10.5 Å². The summed E-state index contributed by atoms with van der Waals surface area (Å²) in [4.78, 5) is 53.4. The molecule has 2 unspecified atom stereocenters. The van der Waals surface area contributed by atoms with E-state index in [0.717, 1.165) is 16.7 Å². The van der Waals surface area contributed by atoms with Gasteiger partial charge in [0.15, 0.2) is 0 Å². The van der Waals surface area contributed by atoms with E-state index >= 15 is 0 Å². The molecule has 0 heterocycles. The van der Waals surface area contributed by atoms with Crippen molar-refractivity contribution in [3.63, 3.8) is 0 Å². The Bertz CT molecular complexity index is 1180. The number of para-hydroxylation sites is 1. The summed E-state index contributed by atoms with van der Waals surface area (Å²) < 4.78 is 5.34. The highest BCUT2D eigenvalue weighted by Crippen LogP contribution is 2.27. The first kappa shape index (κ1) is 31.1. The monoisotopic (exact) mass is 536 g/mol. The number of carbonyl (C=O) groups excluding carboxylic acids is 4. The molecule has 0 aliphatic carbocycles. The minimum Gasteiger partial charge on any atom is -0.444 e. The molecule has 2 aromatic carbocycles. The minimum absolute atomic E-state index is 0.000615. The number of alkyl carbamates (subject to hydrolysis) is 1. The number of primary amides is 1. The molecule has 4 amide bonds. The second kappa shape index (κ2) is 13.6. The van der Waals surface area contributed by atoms with Gasteiger partial charge in [-0.25, -0.2) is 4.79 Å². The molecular formula is C30H40N4O5. The highest BCUT2D eigenvalue weighted by molar-refractivity contribution is 6.00. The molecule has 0 spiro atoms. The first-order chi connectivity index (χ1) is 18.2. The molecule has 9 heteroatoms. The Balaban J connectivity index is 2.54. The lowest BCUT2D eigenvalue weighted by Gasteiger charge is -2.34. The van der Waals surface area contributed by atoms with Crippen LogP contribution in [0.15, 0.2) is 55.1 Å². The quantitative estimate of drug-likeness (QED) is 0.365. The molecule has 0 aliphatic rings. The Morgan fingerprint density at radius 3 is 2.13 bits per heavy atom. The molecule has 39 heavy (non-hydrogen) atoms. The molecule has 2 atom stereocenters. The molecule has 4 N–H and O–H groups in total. The van der Waals surface area contributed by atoms with Crippen molar-refractivity contribution in [2.75, 3.05) is 11.9 Å². The lowest BCUT2D eigenvalue weighted by molar-refractivity contribution is -0.140. The lowest BCUT2D eigenvalue weighted by atomic mass is 10.00. The van der Waals surface area contributed by atoms with Crippen molar-refractivity contribution in [2.45, 2.75) is 72.1 Å². The van der Waals surface area contributed by atoms with Crippen LogP contribution < -0.4 is 16.4 Å². The third kappa shape index (κ3) is 9.28.